The van der Waals surface area contributed by atoms with Crippen LogP contribution in [0.5, 0.6) is 0 Å². The zero-order valence-electron chi connectivity index (χ0n) is 4.57. The van der Waals surface area contributed by atoms with Crippen LogP contribution in [0, 0.1) is 6.08 Å². The summed E-state index contributed by atoms with van der Waals surface area (Å²) in [4.78, 5) is 0. The zero-order chi connectivity index (χ0) is 5.11. The summed E-state index contributed by atoms with van der Waals surface area (Å²) in [7, 11) is 0. The minimum atomic E-state index is 1.11. The summed E-state index contributed by atoms with van der Waals surface area (Å²) in [5.74, 6) is 0. The summed E-state index contributed by atoms with van der Waals surface area (Å²) in [6, 6.07) is 0. The van der Waals surface area contributed by atoms with Crippen LogP contribution in [0.1, 0.15) is 19.8 Å². The van der Waals surface area contributed by atoms with E-state index in [2.05, 4.69) is 25.2 Å². The van der Waals surface area contributed by atoms with Gasteiger partial charge in [0.15, 0.2) is 0 Å². The van der Waals surface area contributed by atoms with E-state index >= 15 is 0 Å². The molecule has 1 rings (SSSR count). The largest absolute Gasteiger partial charge is 0.0767 e. The van der Waals surface area contributed by atoms with Gasteiger partial charge in [0.05, 0.1) is 0 Å². The van der Waals surface area contributed by atoms with Gasteiger partial charge in [-0.25, -0.2) is 0 Å². The van der Waals surface area contributed by atoms with Gasteiger partial charge in [0.2, 0.25) is 0 Å². The molecule has 0 aromatic carbocycles. The lowest BCUT2D eigenvalue weighted by atomic mass is 10.4. The van der Waals surface area contributed by atoms with Crippen molar-refractivity contribution in [2.75, 3.05) is 0 Å². The van der Waals surface area contributed by atoms with Crippen LogP contribution < -0.4 is 0 Å². The summed E-state index contributed by atoms with van der Waals surface area (Å²) in [6.45, 7) is 2.12. The highest BCUT2D eigenvalue weighted by Crippen LogP contribution is 2.17. The molecular weight excluding hydrogens is 84.1 g/mol. The Balaban J connectivity index is 2.18. The van der Waals surface area contributed by atoms with Gasteiger partial charge in [0, 0.05) is 0 Å². The highest BCUT2D eigenvalue weighted by atomic mass is 14.0. The summed E-state index contributed by atoms with van der Waals surface area (Å²) >= 11 is 0. The maximum absolute atomic E-state index is 3.14. The molecule has 0 saturated carbocycles. The van der Waals surface area contributed by atoms with Gasteiger partial charge < -0.3 is 0 Å². The van der Waals surface area contributed by atoms with Crippen LogP contribution in [-0.4, -0.2) is 0 Å². The SMILES string of the molecule is CC/C=[C]\C1=CC1. The molecule has 0 heteroatoms. The smallest absolute Gasteiger partial charge is 0.00883 e. The second-order valence-corrected chi connectivity index (χ2v) is 1.69. The van der Waals surface area contributed by atoms with Gasteiger partial charge >= 0.3 is 0 Å². The fourth-order valence-electron chi connectivity index (χ4n) is 0.402. The van der Waals surface area contributed by atoms with Crippen molar-refractivity contribution in [3.8, 4) is 0 Å². The summed E-state index contributed by atoms with van der Waals surface area (Å²) in [6.07, 6.45) is 9.67. The third kappa shape index (κ3) is 1.58. The van der Waals surface area contributed by atoms with Crippen LogP contribution in [0.3, 0.4) is 0 Å². The van der Waals surface area contributed by atoms with Crippen molar-refractivity contribution in [1.29, 1.82) is 0 Å². The van der Waals surface area contributed by atoms with Crippen LogP contribution in [0.25, 0.3) is 0 Å². The number of rotatable bonds is 2. The van der Waals surface area contributed by atoms with Crippen molar-refractivity contribution in [2.45, 2.75) is 19.8 Å². The summed E-state index contributed by atoms with van der Waals surface area (Å²) in [5.41, 5.74) is 1.38. The number of hydrogen-bond acceptors (Lipinski definition) is 0. The lowest BCUT2D eigenvalue weighted by molar-refractivity contribution is 1.21. The molecule has 7 heavy (non-hydrogen) atoms. The van der Waals surface area contributed by atoms with E-state index in [1.165, 1.54) is 12.0 Å². The molecule has 0 atom stereocenters. The normalized spacial score (nSPS) is 17.6. The van der Waals surface area contributed by atoms with E-state index in [9.17, 15) is 0 Å². The molecule has 0 nitrogen and oxygen atoms in total. The first-order chi connectivity index (χ1) is 3.43. The van der Waals surface area contributed by atoms with E-state index in [1.54, 1.807) is 0 Å². The lowest BCUT2D eigenvalue weighted by Gasteiger charge is -1.70. The molecule has 0 saturated heterocycles. The Hall–Kier alpha value is -0.520. The predicted molar refractivity (Wildman–Crippen MR) is 30.8 cm³/mol. The molecule has 37 valence electrons. The molecule has 0 N–H and O–H groups in total. The lowest BCUT2D eigenvalue weighted by Crippen LogP contribution is -1.52. The molecule has 0 aromatic heterocycles. The Morgan fingerprint density at radius 3 is 3.14 bits per heavy atom. The zero-order valence-corrected chi connectivity index (χ0v) is 4.57. The van der Waals surface area contributed by atoms with Gasteiger partial charge in [-0.05, 0) is 24.5 Å². The second-order valence-electron chi connectivity index (χ2n) is 1.69. The fraction of sp³-hybridized carbons (Fsp3) is 0.429. The maximum Gasteiger partial charge on any atom is -0.00883 e. The van der Waals surface area contributed by atoms with Crippen molar-refractivity contribution in [3.63, 3.8) is 0 Å². The molecule has 0 spiro atoms. The Morgan fingerprint density at radius 1 is 2.00 bits per heavy atom. The second kappa shape index (κ2) is 1.97. The van der Waals surface area contributed by atoms with Gasteiger partial charge in [-0.2, -0.15) is 0 Å². The highest BCUT2D eigenvalue weighted by Gasteiger charge is 1.99. The maximum atomic E-state index is 3.14. The van der Waals surface area contributed by atoms with Crippen LogP contribution in [-0.2, 0) is 0 Å². The Bertz CT molecular complexity index is 107. The first kappa shape index (κ1) is 4.63. The molecule has 1 radical (unpaired) electrons. The average Bonchev–Trinajstić information content (AvgIpc) is 2.42. The van der Waals surface area contributed by atoms with Crippen LogP contribution in [0.4, 0.5) is 0 Å². The third-order valence-corrected chi connectivity index (χ3v) is 0.900. The molecule has 0 amide bonds. The Morgan fingerprint density at radius 2 is 2.71 bits per heavy atom. The Kier molecular flexibility index (Phi) is 1.30. The minimum absolute atomic E-state index is 1.11. The van der Waals surface area contributed by atoms with Crippen LogP contribution >= 0.6 is 0 Å². The van der Waals surface area contributed by atoms with E-state index in [-0.39, 0.29) is 0 Å². The van der Waals surface area contributed by atoms with Crippen molar-refractivity contribution in [3.05, 3.63) is 23.8 Å². The first-order valence-electron chi connectivity index (χ1n) is 2.70. The van der Waals surface area contributed by atoms with Crippen LogP contribution in [0.15, 0.2) is 17.7 Å². The summed E-state index contributed by atoms with van der Waals surface area (Å²) < 4.78 is 0. The average molecular weight is 93.1 g/mol. The highest BCUT2D eigenvalue weighted by molar-refractivity contribution is 5.28. The number of hydrogen-bond donors (Lipinski definition) is 0. The van der Waals surface area contributed by atoms with Crippen molar-refractivity contribution >= 4 is 0 Å². The number of allylic oxidation sites excluding steroid dienone is 4. The molecule has 0 aliphatic heterocycles. The van der Waals surface area contributed by atoms with Gasteiger partial charge in [-0.1, -0.05) is 19.1 Å². The van der Waals surface area contributed by atoms with Crippen molar-refractivity contribution < 1.29 is 0 Å². The van der Waals surface area contributed by atoms with E-state index < -0.39 is 0 Å². The minimum Gasteiger partial charge on any atom is -0.0767 e. The molecular formula is C7H9. The van der Waals surface area contributed by atoms with E-state index in [0.29, 0.717) is 0 Å². The predicted octanol–water partition coefficient (Wildman–Crippen LogP) is 2.09. The van der Waals surface area contributed by atoms with Gasteiger partial charge in [-0.15, -0.1) is 0 Å². The molecule has 0 heterocycles. The van der Waals surface area contributed by atoms with Crippen LogP contribution in [0.2, 0.25) is 0 Å². The van der Waals surface area contributed by atoms with Gasteiger partial charge in [0.25, 0.3) is 0 Å². The summed E-state index contributed by atoms with van der Waals surface area (Å²) in [5, 5.41) is 0. The Labute approximate surface area is 44.5 Å². The topological polar surface area (TPSA) is 0 Å². The molecule has 0 fully saturated rings. The molecule has 0 aromatic rings. The standard InChI is InChI=1S/C7H9/c1-2-3-4-7-5-6-7/h3,5H,2,6H2,1H3. The van der Waals surface area contributed by atoms with Crippen molar-refractivity contribution in [2.24, 2.45) is 0 Å². The van der Waals surface area contributed by atoms with E-state index in [0.717, 1.165) is 6.42 Å². The van der Waals surface area contributed by atoms with Gasteiger partial charge in [-0.3, -0.25) is 0 Å². The molecule has 0 unspecified atom stereocenters. The molecule has 1 aliphatic carbocycles. The first-order valence-corrected chi connectivity index (χ1v) is 2.70. The van der Waals surface area contributed by atoms with Crippen molar-refractivity contribution in [1.82, 2.24) is 0 Å². The third-order valence-electron chi connectivity index (χ3n) is 0.900. The molecule has 1 aliphatic rings. The fourth-order valence-corrected chi connectivity index (χ4v) is 0.402. The monoisotopic (exact) mass is 93.1 g/mol. The van der Waals surface area contributed by atoms with Gasteiger partial charge in [0.1, 0.15) is 0 Å². The molecule has 0 bridgehead atoms. The van der Waals surface area contributed by atoms with E-state index in [4.69, 9.17) is 0 Å². The quantitative estimate of drug-likeness (QED) is 0.490. The van der Waals surface area contributed by atoms with E-state index in [1.807, 2.05) is 0 Å².